The summed E-state index contributed by atoms with van der Waals surface area (Å²) in [4.78, 5) is 0.175. The molecule has 2 rings (SSSR count). The van der Waals surface area contributed by atoms with Gasteiger partial charge < -0.3 is 9.46 Å². The maximum absolute atomic E-state index is 12.2. The van der Waals surface area contributed by atoms with Crippen LogP contribution >= 0.6 is 0 Å². The number of para-hydroxylation sites is 1. The number of sulfonamides is 1. The van der Waals surface area contributed by atoms with Crippen LogP contribution in [0.5, 0.6) is 5.75 Å². The standard InChI is InChI=1S/C15H16NO3S/c1-3-19-15-7-5-4-6-14(15)16-20(17,18)13-10-8-12(2)9-11-13/h4-11H,3H2,1-2H3/q-1. The molecule has 0 fully saturated rings. The van der Waals surface area contributed by atoms with E-state index in [0.717, 1.165) is 5.56 Å². The lowest BCUT2D eigenvalue weighted by Gasteiger charge is -2.24. The third kappa shape index (κ3) is 3.30. The molecule has 2 aromatic carbocycles. The Bertz CT molecular complexity index is 679. The Labute approximate surface area is 119 Å². The lowest BCUT2D eigenvalue weighted by Crippen LogP contribution is -1.99. The molecule has 0 radical (unpaired) electrons. The van der Waals surface area contributed by atoms with Crippen molar-refractivity contribution in [2.45, 2.75) is 18.7 Å². The molecular weight excluding hydrogens is 274 g/mol. The normalized spacial score (nSPS) is 11.1. The number of hydrogen-bond donors (Lipinski definition) is 0. The van der Waals surface area contributed by atoms with Crippen LogP contribution < -0.4 is 4.74 Å². The van der Waals surface area contributed by atoms with Crippen LogP contribution in [0.25, 0.3) is 4.72 Å². The summed E-state index contributed by atoms with van der Waals surface area (Å²) in [6.07, 6.45) is 0. The van der Waals surface area contributed by atoms with Crippen LogP contribution in [0.15, 0.2) is 53.4 Å². The summed E-state index contributed by atoms with van der Waals surface area (Å²) in [5, 5.41) is 0. The number of benzene rings is 2. The van der Waals surface area contributed by atoms with Crippen LogP contribution in [-0.2, 0) is 10.0 Å². The van der Waals surface area contributed by atoms with Gasteiger partial charge in [-0.2, -0.15) is 0 Å². The average Bonchev–Trinajstić information content (AvgIpc) is 2.41. The zero-order valence-corrected chi connectivity index (χ0v) is 12.2. The van der Waals surface area contributed by atoms with Gasteiger partial charge in [-0.25, -0.2) is 8.42 Å². The van der Waals surface area contributed by atoms with Crippen LogP contribution in [0.1, 0.15) is 12.5 Å². The molecule has 0 saturated heterocycles. The molecule has 0 aliphatic heterocycles. The fourth-order valence-corrected chi connectivity index (χ4v) is 2.70. The summed E-state index contributed by atoms with van der Waals surface area (Å²) in [7, 11) is -3.73. The minimum Gasteiger partial charge on any atom is -0.570 e. The monoisotopic (exact) mass is 290 g/mol. The molecule has 20 heavy (non-hydrogen) atoms. The molecule has 0 saturated carbocycles. The van der Waals surface area contributed by atoms with E-state index in [0.29, 0.717) is 18.0 Å². The van der Waals surface area contributed by atoms with E-state index in [1.807, 2.05) is 13.8 Å². The first-order valence-corrected chi connectivity index (χ1v) is 7.73. The highest BCUT2D eigenvalue weighted by Gasteiger charge is 2.06. The first kappa shape index (κ1) is 14.4. The van der Waals surface area contributed by atoms with Crippen molar-refractivity contribution in [1.29, 1.82) is 0 Å². The Balaban J connectivity index is 2.31. The number of ether oxygens (including phenoxy) is 1. The zero-order chi connectivity index (χ0) is 14.6. The topological polar surface area (TPSA) is 57.5 Å². The summed E-state index contributed by atoms with van der Waals surface area (Å²) in [6, 6.07) is 13.4. The van der Waals surface area contributed by atoms with E-state index in [4.69, 9.17) is 4.74 Å². The van der Waals surface area contributed by atoms with Gasteiger partial charge in [-0.15, -0.1) is 0 Å². The van der Waals surface area contributed by atoms with Crippen molar-refractivity contribution in [2.24, 2.45) is 0 Å². The smallest absolute Gasteiger partial charge is 0.123 e. The van der Waals surface area contributed by atoms with Crippen LogP contribution in [0.2, 0.25) is 0 Å². The fraction of sp³-hybridized carbons (Fsp3) is 0.200. The van der Waals surface area contributed by atoms with Gasteiger partial charge in [-0.05, 0) is 32.0 Å². The average molecular weight is 290 g/mol. The van der Waals surface area contributed by atoms with Gasteiger partial charge in [0.05, 0.1) is 11.5 Å². The molecular formula is C15H16NO3S-. The van der Waals surface area contributed by atoms with Gasteiger partial charge in [0.15, 0.2) is 0 Å². The summed E-state index contributed by atoms with van der Waals surface area (Å²) in [5.41, 5.74) is 1.31. The highest BCUT2D eigenvalue weighted by Crippen LogP contribution is 2.35. The van der Waals surface area contributed by atoms with Gasteiger partial charge in [0, 0.05) is 0 Å². The quantitative estimate of drug-likeness (QED) is 0.841. The SMILES string of the molecule is CCOc1ccccc1[N-]S(=O)(=O)c1ccc(C)cc1. The Hall–Kier alpha value is -2.01. The Morgan fingerprint density at radius 1 is 1.05 bits per heavy atom. The highest BCUT2D eigenvalue weighted by molar-refractivity contribution is 7.94. The van der Waals surface area contributed by atoms with Gasteiger partial charge in [-0.1, -0.05) is 41.6 Å². The number of aryl methyl sites for hydroxylation is 1. The number of hydrogen-bond acceptors (Lipinski definition) is 3. The first-order chi connectivity index (χ1) is 9.53. The molecule has 106 valence electrons. The molecule has 0 N–H and O–H groups in total. The minimum atomic E-state index is -3.73. The Morgan fingerprint density at radius 3 is 2.35 bits per heavy atom. The number of nitrogens with zero attached hydrogens (tertiary/aromatic N) is 1. The van der Waals surface area contributed by atoms with Crippen LogP contribution in [0.3, 0.4) is 0 Å². The molecule has 0 spiro atoms. The summed E-state index contributed by atoms with van der Waals surface area (Å²) >= 11 is 0. The van der Waals surface area contributed by atoms with Crippen molar-refractivity contribution in [1.82, 2.24) is 0 Å². The predicted molar refractivity (Wildman–Crippen MR) is 79.0 cm³/mol. The third-order valence-corrected chi connectivity index (χ3v) is 4.01. The molecule has 0 aromatic heterocycles. The van der Waals surface area contributed by atoms with Gasteiger partial charge in [0.1, 0.15) is 15.8 Å². The van der Waals surface area contributed by atoms with Crippen molar-refractivity contribution >= 4 is 15.7 Å². The molecule has 0 aliphatic rings. The van der Waals surface area contributed by atoms with Crippen molar-refractivity contribution in [3.8, 4) is 5.75 Å². The Kier molecular flexibility index (Phi) is 4.29. The molecule has 4 nitrogen and oxygen atoms in total. The van der Waals surface area contributed by atoms with Crippen LogP contribution in [-0.4, -0.2) is 15.0 Å². The molecule has 0 atom stereocenters. The predicted octanol–water partition coefficient (Wildman–Crippen LogP) is 3.79. The van der Waals surface area contributed by atoms with Gasteiger partial charge in [0.2, 0.25) is 0 Å². The molecule has 0 aliphatic carbocycles. The van der Waals surface area contributed by atoms with Crippen molar-refractivity contribution in [2.75, 3.05) is 6.61 Å². The van der Waals surface area contributed by atoms with E-state index in [1.165, 1.54) is 0 Å². The van der Waals surface area contributed by atoms with E-state index >= 15 is 0 Å². The molecule has 2 aromatic rings. The lowest BCUT2D eigenvalue weighted by atomic mass is 10.2. The second kappa shape index (κ2) is 5.96. The largest absolute Gasteiger partial charge is 0.570 e. The second-order valence-corrected chi connectivity index (χ2v) is 5.88. The summed E-state index contributed by atoms with van der Waals surface area (Å²) in [6.45, 7) is 4.19. The van der Waals surface area contributed by atoms with Gasteiger partial charge in [0.25, 0.3) is 0 Å². The maximum atomic E-state index is 12.2. The van der Waals surface area contributed by atoms with E-state index in [-0.39, 0.29) is 4.90 Å². The summed E-state index contributed by atoms with van der Waals surface area (Å²) < 4.78 is 33.7. The molecule has 0 unspecified atom stereocenters. The van der Waals surface area contributed by atoms with Crippen molar-refractivity contribution in [3.05, 3.63) is 58.8 Å². The molecule has 5 heteroatoms. The second-order valence-electron chi connectivity index (χ2n) is 4.28. The Morgan fingerprint density at radius 2 is 1.70 bits per heavy atom. The zero-order valence-electron chi connectivity index (χ0n) is 11.4. The third-order valence-electron chi connectivity index (χ3n) is 2.70. The maximum Gasteiger partial charge on any atom is 0.123 e. The fourth-order valence-electron chi connectivity index (χ4n) is 1.70. The summed E-state index contributed by atoms with van der Waals surface area (Å²) in [5.74, 6) is 0.464. The van der Waals surface area contributed by atoms with E-state index in [1.54, 1.807) is 48.5 Å². The number of rotatable bonds is 5. The molecule has 0 amide bonds. The first-order valence-electron chi connectivity index (χ1n) is 6.29. The van der Waals surface area contributed by atoms with Crippen molar-refractivity contribution in [3.63, 3.8) is 0 Å². The lowest BCUT2D eigenvalue weighted by molar-refractivity contribution is 0.342. The van der Waals surface area contributed by atoms with Gasteiger partial charge >= 0.3 is 0 Å². The van der Waals surface area contributed by atoms with Gasteiger partial charge in [-0.3, -0.25) is 0 Å². The molecule has 0 bridgehead atoms. The minimum absolute atomic E-state index is 0.175. The van der Waals surface area contributed by atoms with Crippen molar-refractivity contribution < 1.29 is 13.2 Å². The van der Waals surface area contributed by atoms with Crippen LogP contribution in [0, 0.1) is 6.92 Å². The van der Waals surface area contributed by atoms with E-state index < -0.39 is 10.0 Å². The van der Waals surface area contributed by atoms with Crippen LogP contribution in [0.4, 0.5) is 5.69 Å². The van der Waals surface area contributed by atoms with E-state index in [9.17, 15) is 8.42 Å². The molecule has 0 heterocycles. The van der Waals surface area contributed by atoms with E-state index in [2.05, 4.69) is 4.72 Å². The highest BCUT2D eigenvalue weighted by atomic mass is 32.2.